The molecule has 3 heteroatoms. The third kappa shape index (κ3) is 1.93. The molecule has 0 radical (unpaired) electrons. The van der Waals surface area contributed by atoms with Crippen molar-refractivity contribution in [1.29, 1.82) is 5.26 Å². The number of nitriles is 1. The Labute approximate surface area is 123 Å². The fraction of sp³-hybridized carbons (Fsp3) is 0.167. The van der Waals surface area contributed by atoms with Gasteiger partial charge in [0.2, 0.25) is 0 Å². The number of hydrogen-bond donors (Lipinski definition) is 2. The molecule has 0 bridgehead atoms. The monoisotopic (exact) mass is 273 g/mol. The second-order valence-electron chi connectivity index (χ2n) is 5.44. The zero-order valence-corrected chi connectivity index (χ0v) is 11.6. The lowest BCUT2D eigenvalue weighted by molar-refractivity contribution is 0.560. The lowest BCUT2D eigenvalue weighted by atomic mass is 9.93. The first kappa shape index (κ1) is 12.2. The van der Waals surface area contributed by atoms with Gasteiger partial charge in [0.15, 0.2) is 0 Å². The quantitative estimate of drug-likeness (QED) is 0.715. The highest BCUT2D eigenvalue weighted by molar-refractivity contribution is 5.85. The number of fused-ring (bicyclic) bond motifs is 3. The Morgan fingerprint density at radius 3 is 2.90 bits per heavy atom. The van der Waals surface area contributed by atoms with E-state index in [0.29, 0.717) is 5.56 Å². The smallest absolute Gasteiger partial charge is 0.0991 e. The lowest BCUT2D eigenvalue weighted by Gasteiger charge is -2.25. The van der Waals surface area contributed by atoms with Crippen molar-refractivity contribution in [2.45, 2.75) is 12.5 Å². The first-order chi connectivity index (χ1) is 10.4. The second kappa shape index (κ2) is 4.76. The van der Waals surface area contributed by atoms with Crippen LogP contribution in [0, 0.1) is 11.3 Å². The van der Waals surface area contributed by atoms with Crippen LogP contribution in [0.2, 0.25) is 0 Å². The Balaban J connectivity index is 1.88. The number of hydrogen-bond acceptors (Lipinski definition) is 2. The van der Waals surface area contributed by atoms with E-state index in [0.717, 1.165) is 18.5 Å². The number of para-hydroxylation sites is 1. The minimum atomic E-state index is 0.134. The zero-order chi connectivity index (χ0) is 14.2. The van der Waals surface area contributed by atoms with Crippen LogP contribution in [0.15, 0.2) is 48.5 Å². The molecule has 2 aromatic carbocycles. The summed E-state index contributed by atoms with van der Waals surface area (Å²) in [6.45, 7) is 0.955. The van der Waals surface area contributed by atoms with Crippen LogP contribution in [0.4, 0.5) is 0 Å². The van der Waals surface area contributed by atoms with Gasteiger partial charge in [-0.25, -0.2) is 0 Å². The van der Waals surface area contributed by atoms with Crippen molar-refractivity contribution in [2.75, 3.05) is 6.54 Å². The maximum atomic E-state index is 9.09. The Morgan fingerprint density at radius 2 is 2.00 bits per heavy atom. The van der Waals surface area contributed by atoms with Crippen LogP contribution in [-0.2, 0) is 6.42 Å². The molecule has 4 rings (SSSR count). The van der Waals surface area contributed by atoms with E-state index in [-0.39, 0.29) is 6.04 Å². The molecule has 3 aromatic rings. The van der Waals surface area contributed by atoms with Crippen molar-refractivity contribution in [1.82, 2.24) is 10.3 Å². The van der Waals surface area contributed by atoms with Gasteiger partial charge in [-0.15, -0.1) is 0 Å². The molecule has 0 amide bonds. The fourth-order valence-corrected chi connectivity index (χ4v) is 3.25. The van der Waals surface area contributed by atoms with E-state index in [2.05, 4.69) is 46.7 Å². The van der Waals surface area contributed by atoms with Crippen LogP contribution in [0.1, 0.15) is 28.4 Å². The third-order valence-electron chi connectivity index (χ3n) is 4.21. The van der Waals surface area contributed by atoms with Crippen LogP contribution in [-0.4, -0.2) is 11.5 Å². The number of H-pyrrole nitrogens is 1. The summed E-state index contributed by atoms with van der Waals surface area (Å²) in [4.78, 5) is 3.56. The van der Waals surface area contributed by atoms with Gasteiger partial charge < -0.3 is 10.3 Å². The highest BCUT2D eigenvalue weighted by Gasteiger charge is 2.25. The third-order valence-corrected chi connectivity index (χ3v) is 4.21. The summed E-state index contributed by atoms with van der Waals surface area (Å²) in [5.74, 6) is 0. The summed E-state index contributed by atoms with van der Waals surface area (Å²) in [6.07, 6.45) is 1.04. The molecule has 102 valence electrons. The Hall–Kier alpha value is -2.57. The van der Waals surface area contributed by atoms with Crippen LogP contribution in [0.5, 0.6) is 0 Å². The highest BCUT2D eigenvalue weighted by Crippen LogP contribution is 2.33. The van der Waals surface area contributed by atoms with Gasteiger partial charge in [0, 0.05) is 23.1 Å². The normalized spacial score (nSPS) is 17.4. The molecule has 0 fully saturated rings. The van der Waals surface area contributed by atoms with E-state index < -0.39 is 0 Å². The van der Waals surface area contributed by atoms with Crippen molar-refractivity contribution < 1.29 is 0 Å². The summed E-state index contributed by atoms with van der Waals surface area (Å²) in [5.41, 5.74) is 5.67. The standard InChI is InChI=1S/C18H15N3/c19-11-12-4-3-5-13(10-12)17-18-15(8-9-20-17)14-6-1-2-7-16(14)21-18/h1-7,10,17,20-21H,8-9H2/t17-/m1/s1. The molecule has 3 nitrogen and oxygen atoms in total. The van der Waals surface area contributed by atoms with E-state index in [1.807, 2.05) is 18.2 Å². The summed E-state index contributed by atoms with van der Waals surface area (Å²) in [6, 6.07) is 18.6. The molecule has 0 saturated carbocycles. The van der Waals surface area contributed by atoms with E-state index in [1.54, 1.807) is 0 Å². The topological polar surface area (TPSA) is 51.6 Å². The summed E-state index contributed by atoms with van der Waals surface area (Å²) in [5, 5.41) is 14.0. The van der Waals surface area contributed by atoms with Gasteiger partial charge in [0.05, 0.1) is 17.7 Å². The molecule has 2 heterocycles. The van der Waals surface area contributed by atoms with Crippen molar-refractivity contribution in [2.24, 2.45) is 0 Å². The van der Waals surface area contributed by atoms with Crippen molar-refractivity contribution >= 4 is 10.9 Å². The predicted molar refractivity (Wildman–Crippen MR) is 83.0 cm³/mol. The molecule has 0 unspecified atom stereocenters. The second-order valence-corrected chi connectivity index (χ2v) is 5.44. The van der Waals surface area contributed by atoms with Crippen LogP contribution in [0.3, 0.4) is 0 Å². The SMILES string of the molecule is N#Cc1cccc([C@H]2NCCc3c2[nH]c2ccccc32)c1. The summed E-state index contributed by atoms with van der Waals surface area (Å²) in [7, 11) is 0. The predicted octanol–water partition coefficient (Wildman–Crippen LogP) is 3.27. The van der Waals surface area contributed by atoms with Gasteiger partial charge in [0.25, 0.3) is 0 Å². The van der Waals surface area contributed by atoms with E-state index in [9.17, 15) is 0 Å². The fourth-order valence-electron chi connectivity index (χ4n) is 3.25. The molecule has 2 N–H and O–H groups in total. The van der Waals surface area contributed by atoms with Crippen LogP contribution in [0.25, 0.3) is 10.9 Å². The number of nitrogens with zero attached hydrogens (tertiary/aromatic N) is 1. The molecular weight excluding hydrogens is 258 g/mol. The number of aromatic amines is 1. The molecule has 1 atom stereocenters. The van der Waals surface area contributed by atoms with E-state index >= 15 is 0 Å². The van der Waals surface area contributed by atoms with Gasteiger partial charge >= 0.3 is 0 Å². The van der Waals surface area contributed by atoms with Crippen LogP contribution >= 0.6 is 0 Å². The summed E-state index contributed by atoms with van der Waals surface area (Å²) >= 11 is 0. The van der Waals surface area contributed by atoms with Gasteiger partial charge in [-0.05, 0) is 35.7 Å². The first-order valence-corrected chi connectivity index (χ1v) is 7.20. The number of aromatic nitrogens is 1. The Bertz CT molecular complexity index is 854. The van der Waals surface area contributed by atoms with Crippen LogP contribution < -0.4 is 5.32 Å². The molecule has 0 spiro atoms. The minimum absolute atomic E-state index is 0.134. The van der Waals surface area contributed by atoms with Gasteiger partial charge in [-0.3, -0.25) is 0 Å². The van der Waals surface area contributed by atoms with E-state index in [1.165, 1.54) is 22.2 Å². The van der Waals surface area contributed by atoms with Crippen molar-refractivity contribution in [3.63, 3.8) is 0 Å². The average molecular weight is 273 g/mol. The Kier molecular flexibility index (Phi) is 2.77. The number of rotatable bonds is 1. The first-order valence-electron chi connectivity index (χ1n) is 7.20. The molecule has 0 saturated heterocycles. The van der Waals surface area contributed by atoms with Gasteiger partial charge in [-0.2, -0.15) is 5.26 Å². The molecule has 0 aliphatic carbocycles. The molecule has 21 heavy (non-hydrogen) atoms. The maximum Gasteiger partial charge on any atom is 0.0991 e. The zero-order valence-electron chi connectivity index (χ0n) is 11.6. The largest absolute Gasteiger partial charge is 0.357 e. The van der Waals surface area contributed by atoms with Gasteiger partial charge in [0.1, 0.15) is 0 Å². The molecule has 1 aliphatic rings. The molecule has 1 aromatic heterocycles. The summed E-state index contributed by atoms with van der Waals surface area (Å²) < 4.78 is 0. The molecular formula is C18H15N3. The molecule has 1 aliphatic heterocycles. The number of nitrogens with one attached hydrogen (secondary N) is 2. The maximum absolute atomic E-state index is 9.09. The minimum Gasteiger partial charge on any atom is -0.357 e. The number of benzene rings is 2. The van der Waals surface area contributed by atoms with Crippen molar-refractivity contribution in [3.05, 3.63) is 70.9 Å². The lowest BCUT2D eigenvalue weighted by Crippen LogP contribution is -2.30. The van der Waals surface area contributed by atoms with Gasteiger partial charge in [-0.1, -0.05) is 30.3 Å². The highest BCUT2D eigenvalue weighted by atomic mass is 15.0. The van der Waals surface area contributed by atoms with E-state index in [4.69, 9.17) is 5.26 Å². The average Bonchev–Trinajstić information content (AvgIpc) is 2.93. The van der Waals surface area contributed by atoms with Crippen molar-refractivity contribution in [3.8, 4) is 6.07 Å². The Morgan fingerprint density at radius 1 is 1.10 bits per heavy atom.